The number of imidazole rings is 1. The Labute approximate surface area is 160 Å². The summed E-state index contributed by atoms with van der Waals surface area (Å²) in [5.74, 6) is 0.782. The summed E-state index contributed by atoms with van der Waals surface area (Å²) in [6.07, 6.45) is 1.68. The number of rotatable bonds is 6. The SMILES string of the molecule is CCc1nnc(NC(=O)CCc2nc3ccccc3n2-c2ccccc2)s1. The van der Waals surface area contributed by atoms with Gasteiger partial charge in [-0.05, 0) is 30.7 Å². The van der Waals surface area contributed by atoms with Crippen molar-refractivity contribution in [1.29, 1.82) is 0 Å². The van der Waals surface area contributed by atoms with Gasteiger partial charge < -0.3 is 5.32 Å². The number of aromatic nitrogens is 4. The molecule has 7 heteroatoms. The van der Waals surface area contributed by atoms with Crippen molar-refractivity contribution in [1.82, 2.24) is 19.7 Å². The number of carbonyl (C=O) groups excluding carboxylic acids is 1. The van der Waals surface area contributed by atoms with E-state index in [0.29, 0.717) is 18.0 Å². The van der Waals surface area contributed by atoms with E-state index < -0.39 is 0 Å². The first-order valence-electron chi connectivity index (χ1n) is 8.88. The van der Waals surface area contributed by atoms with Gasteiger partial charge in [0, 0.05) is 18.5 Å². The molecular formula is C20H19N5OS. The number of hydrogen-bond acceptors (Lipinski definition) is 5. The van der Waals surface area contributed by atoms with Crippen LogP contribution in [0.2, 0.25) is 0 Å². The maximum Gasteiger partial charge on any atom is 0.226 e. The van der Waals surface area contributed by atoms with Crippen molar-refractivity contribution in [2.24, 2.45) is 0 Å². The Morgan fingerprint density at radius 2 is 1.85 bits per heavy atom. The summed E-state index contributed by atoms with van der Waals surface area (Å²) in [4.78, 5) is 17.1. The minimum Gasteiger partial charge on any atom is -0.301 e. The van der Waals surface area contributed by atoms with Gasteiger partial charge in [0.2, 0.25) is 11.0 Å². The first-order chi connectivity index (χ1) is 13.2. The molecule has 0 bridgehead atoms. The highest BCUT2D eigenvalue weighted by atomic mass is 32.1. The summed E-state index contributed by atoms with van der Waals surface area (Å²) < 4.78 is 2.11. The van der Waals surface area contributed by atoms with Gasteiger partial charge in [-0.1, -0.05) is 48.6 Å². The van der Waals surface area contributed by atoms with Crippen molar-refractivity contribution in [3.63, 3.8) is 0 Å². The number of hydrogen-bond donors (Lipinski definition) is 1. The van der Waals surface area contributed by atoms with E-state index in [4.69, 9.17) is 4.98 Å². The average Bonchev–Trinajstić information content (AvgIpc) is 3.31. The maximum absolute atomic E-state index is 12.3. The van der Waals surface area contributed by atoms with E-state index >= 15 is 0 Å². The molecule has 0 atom stereocenters. The molecule has 0 spiro atoms. The molecule has 0 radical (unpaired) electrons. The maximum atomic E-state index is 12.3. The van der Waals surface area contributed by atoms with Gasteiger partial charge in [-0.15, -0.1) is 10.2 Å². The Hall–Kier alpha value is -3.06. The molecule has 27 heavy (non-hydrogen) atoms. The van der Waals surface area contributed by atoms with Crippen LogP contribution in [0.15, 0.2) is 54.6 Å². The lowest BCUT2D eigenvalue weighted by atomic mass is 10.2. The zero-order valence-corrected chi connectivity index (χ0v) is 15.7. The van der Waals surface area contributed by atoms with E-state index in [1.54, 1.807) is 0 Å². The molecule has 2 aromatic heterocycles. The predicted molar refractivity (Wildman–Crippen MR) is 107 cm³/mol. The summed E-state index contributed by atoms with van der Waals surface area (Å²) in [5, 5.41) is 12.3. The van der Waals surface area contributed by atoms with Gasteiger partial charge in [-0.25, -0.2) is 4.98 Å². The van der Waals surface area contributed by atoms with E-state index in [1.807, 2.05) is 61.5 Å². The molecule has 0 aliphatic rings. The third-order valence-electron chi connectivity index (χ3n) is 4.24. The quantitative estimate of drug-likeness (QED) is 0.551. The fourth-order valence-electron chi connectivity index (χ4n) is 2.96. The second-order valence-electron chi connectivity index (χ2n) is 6.09. The zero-order chi connectivity index (χ0) is 18.6. The average molecular weight is 377 g/mol. The van der Waals surface area contributed by atoms with Gasteiger partial charge in [0.05, 0.1) is 11.0 Å². The van der Waals surface area contributed by atoms with E-state index in [2.05, 4.69) is 20.1 Å². The van der Waals surface area contributed by atoms with Crippen LogP contribution >= 0.6 is 11.3 Å². The molecule has 0 saturated carbocycles. The Bertz CT molecular complexity index is 1070. The number of fused-ring (bicyclic) bond motifs is 1. The summed E-state index contributed by atoms with van der Waals surface area (Å²) >= 11 is 1.41. The molecule has 4 rings (SSSR count). The third-order valence-corrected chi connectivity index (χ3v) is 5.22. The molecule has 6 nitrogen and oxygen atoms in total. The lowest BCUT2D eigenvalue weighted by Crippen LogP contribution is -2.13. The van der Waals surface area contributed by atoms with Crippen LogP contribution in [0, 0.1) is 0 Å². The van der Waals surface area contributed by atoms with Crippen LogP contribution in [0.4, 0.5) is 5.13 Å². The lowest BCUT2D eigenvalue weighted by molar-refractivity contribution is -0.116. The van der Waals surface area contributed by atoms with E-state index in [9.17, 15) is 4.79 Å². The van der Waals surface area contributed by atoms with Crippen LogP contribution in [-0.2, 0) is 17.6 Å². The third kappa shape index (κ3) is 3.73. The molecule has 0 unspecified atom stereocenters. The highest BCUT2D eigenvalue weighted by Crippen LogP contribution is 2.22. The molecule has 0 fully saturated rings. The van der Waals surface area contributed by atoms with Gasteiger partial charge in [-0.3, -0.25) is 9.36 Å². The molecule has 0 aliphatic carbocycles. The number of anilines is 1. The van der Waals surface area contributed by atoms with Gasteiger partial charge in [0.25, 0.3) is 0 Å². The molecule has 1 amide bonds. The number of benzene rings is 2. The summed E-state index contributed by atoms with van der Waals surface area (Å²) in [7, 11) is 0. The van der Waals surface area contributed by atoms with Crippen LogP contribution < -0.4 is 5.32 Å². The molecule has 2 aromatic carbocycles. The van der Waals surface area contributed by atoms with E-state index in [-0.39, 0.29) is 5.91 Å². The Balaban J connectivity index is 1.56. The number of nitrogens with zero attached hydrogens (tertiary/aromatic N) is 4. The summed E-state index contributed by atoms with van der Waals surface area (Å²) in [5.41, 5.74) is 3.00. The van der Waals surface area contributed by atoms with Crippen LogP contribution in [0.5, 0.6) is 0 Å². The minimum absolute atomic E-state index is 0.0829. The monoisotopic (exact) mass is 377 g/mol. The second kappa shape index (κ2) is 7.67. The summed E-state index contributed by atoms with van der Waals surface area (Å²) in [6, 6.07) is 18.1. The van der Waals surface area contributed by atoms with Crippen LogP contribution in [0.1, 0.15) is 24.2 Å². The number of amides is 1. The molecule has 2 heterocycles. The number of aryl methyl sites for hydroxylation is 2. The van der Waals surface area contributed by atoms with Crippen molar-refractivity contribution in [2.45, 2.75) is 26.2 Å². The molecule has 0 aliphatic heterocycles. The van der Waals surface area contributed by atoms with Gasteiger partial charge in [0.1, 0.15) is 10.8 Å². The highest BCUT2D eigenvalue weighted by molar-refractivity contribution is 7.15. The van der Waals surface area contributed by atoms with Gasteiger partial charge >= 0.3 is 0 Å². The standard InChI is InChI=1S/C20H19N5OS/c1-2-19-23-24-20(27-19)22-18(26)13-12-17-21-15-10-6-7-11-16(15)25(17)14-8-4-3-5-9-14/h3-11H,2,12-13H2,1H3,(H,22,24,26). The van der Waals surface area contributed by atoms with Crippen molar-refractivity contribution >= 4 is 33.4 Å². The zero-order valence-electron chi connectivity index (χ0n) is 14.9. The molecule has 4 aromatic rings. The Morgan fingerprint density at radius 3 is 2.63 bits per heavy atom. The van der Waals surface area contributed by atoms with Gasteiger partial charge in [0.15, 0.2) is 0 Å². The normalized spacial score (nSPS) is 11.0. The van der Waals surface area contributed by atoms with E-state index in [1.165, 1.54) is 11.3 Å². The summed E-state index contributed by atoms with van der Waals surface area (Å²) in [6.45, 7) is 2.01. The Morgan fingerprint density at radius 1 is 1.07 bits per heavy atom. The number of carbonyl (C=O) groups is 1. The largest absolute Gasteiger partial charge is 0.301 e. The highest BCUT2D eigenvalue weighted by Gasteiger charge is 2.14. The molecule has 0 saturated heterocycles. The van der Waals surface area contributed by atoms with Crippen molar-refractivity contribution < 1.29 is 4.79 Å². The van der Waals surface area contributed by atoms with Crippen LogP contribution in [0.25, 0.3) is 16.7 Å². The predicted octanol–water partition coefficient (Wildman–Crippen LogP) is 4.01. The first-order valence-corrected chi connectivity index (χ1v) is 9.70. The van der Waals surface area contributed by atoms with Crippen molar-refractivity contribution in [3.8, 4) is 5.69 Å². The van der Waals surface area contributed by atoms with Gasteiger partial charge in [-0.2, -0.15) is 0 Å². The first kappa shape index (κ1) is 17.4. The molecule has 1 N–H and O–H groups in total. The lowest BCUT2D eigenvalue weighted by Gasteiger charge is -2.09. The molecular weight excluding hydrogens is 358 g/mol. The fraction of sp³-hybridized carbons (Fsp3) is 0.200. The topological polar surface area (TPSA) is 72.7 Å². The number of para-hydroxylation sites is 3. The molecule has 136 valence electrons. The van der Waals surface area contributed by atoms with Crippen molar-refractivity contribution in [3.05, 3.63) is 65.4 Å². The second-order valence-corrected chi connectivity index (χ2v) is 7.15. The Kier molecular flexibility index (Phi) is 4.93. The van der Waals surface area contributed by atoms with Crippen LogP contribution in [-0.4, -0.2) is 25.7 Å². The van der Waals surface area contributed by atoms with E-state index in [0.717, 1.165) is 34.0 Å². The smallest absolute Gasteiger partial charge is 0.226 e. The van der Waals surface area contributed by atoms with Crippen molar-refractivity contribution in [2.75, 3.05) is 5.32 Å². The number of nitrogens with one attached hydrogen (secondary N) is 1. The minimum atomic E-state index is -0.0829. The van der Waals surface area contributed by atoms with Crippen LogP contribution in [0.3, 0.4) is 0 Å². The fourth-order valence-corrected chi connectivity index (χ4v) is 3.66.